The van der Waals surface area contributed by atoms with Gasteiger partial charge in [0.1, 0.15) is 0 Å². The van der Waals surface area contributed by atoms with Crippen LogP contribution < -0.4 is 0 Å². The number of hydrogen-bond acceptors (Lipinski definition) is 2. The highest BCUT2D eigenvalue weighted by molar-refractivity contribution is 7.83. The first-order chi connectivity index (χ1) is 4.66. The fraction of sp³-hybridized carbons (Fsp3) is 0.625. The Balaban J connectivity index is 3.71. The van der Waals surface area contributed by atoms with Gasteiger partial charge in [-0.05, 0) is 24.7 Å². The summed E-state index contributed by atoms with van der Waals surface area (Å²) in [5.74, 6) is 0.692. The Morgan fingerprint density at radius 2 is 2.20 bits per heavy atom. The summed E-state index contributed by atoms with van der Waals surface area (Å²) in [5, 5.41) is 1.64. The second kappa shape index (κ2) is 5.54. The predicted molar refractivity (Wildman–Crippen MR) is 50.7 cm³/mol. The first kappa shape index (κ1) is 9.76. The molecule has 0 fully saturated rings. The van der Waals surface area contributed by atoms with E-state index in [1.807, 2.05) is 6.92 Å². The quantitative estimate of drug-likeness (QED) is 0.478. The van der Waals surface area contributed by atoms with E-state index < -0.39 is 0 Å². The van der Waals surface area contributed by atoms with Gasteiger partial charge < -0.3 is 0 Å². The third kappa shape index (κ3) is 5.89. The summed E-state index contributed by atoms with van der Waals surface area (Å²) < 4.78 is 0. The summed E-state index contributed by atoms with van der Waals surface area (Å²) in [6.45, 7) is 6.40. The standard InChI is InChI=1S/C8H15NS/c1-7(2)6-8(3)9-4-5-10/h4-5,7,10H,6H2,1-3H3/b5-4-,9-8?. The molecule has 0 amide bonds. The van der Waals surface area contributed by atoms with Crippen LogP contribution in [0.25, 0.3) is 0 Å². The lowest BCUT2D eigenvalue weighted by molar-refractivity contribution is 0.682. The number of rotatable bonds is 3. The van der Waals surface area contributed by atoms with Crippen molar-refractivity contribution in [2.45, 2.75) is 27.2 Å². The molecule has 0 spiro atoms. The third-order valence-electron chi connectivity index (χ3n) is 1.07. The zero-order chi connectivity index (χ0) is 7.98. The van der Waals surface area contributed by atoms with Crippen LogP contribution in [0.4, 0.5) is 0 Å². The Bertz CT molecular complexity index is 136. The van der Waals surface area contributed by atoms with Crippen molar-refractivity contribution < 1.29 is 0 Å². The third-order valence-corrected chi connectivity index (χ3v) is 1.20. The van der Waals surface area contributed by atoms with Crippen molar-refractivity contribution in [2.24, 2.45) is 10.9 Å². The smallest absolute Gasteiger partial charge is 0.0327 e. The molecule has 0 N–H and O–H groups in total. The van der Waals surface area contributed by atoms with E-state index in [1.165, 1.54) is 5.71 Å². The minimum absolute atomic E-state index is 0.692. The van der Waals surface area contributed by atoms with Gasteiger partial charge in [-0.1, -0.05) is 13.8 Å². The van der Waals surface area contributed by atoms with E-state index in [-0.39, 0.29) is 0 Å². The van der Waals surface area contributed by atoms with Crippen LogP contribution in [0.1, 0.15) is 27.2 Å². The Morgan fingerprint density at radius 1 is 1.60 bits per heavy atom. The first-order valence-corrected chi connectivity index (χ1v) is 4.01. The minimum atomic E-state index is 0.692. The molecule has 0 aliphatic rings. The van der Waals surface area contributed by atoms with Crippen molar-refractivity contribution in [1.82, 2.24) is 0 Å². The van der Waals surface area contributed by atoms with Crippen LogP contribution in [-0.2, 0) is 0 Å². The number of aliphatic imine (C=N–C) groups is 1. The molecule has 0 unspecified atom stereocenters. The van der Waals surface area contributed by atoms with Gasteiger partial charge in [0.05, 0.1) is 0 Å². The monoisotopic (exact) mass is 157 g/mol. The maximum absolute atomic E-state index is 4.14. The number of hydrogen-bond donors (Lipinski definition) is 1. The summed E-state index contributed by atoms with van der Waals surface area (Å²) in [4.78, 5) is 4.14. The Labute approximate surface area is 68.7 Å². The summed E-state index contributed by atoms with van der Waals surface area (Å²) in [6, 6.07) is 0. The largest absolute Gasteiger partial charge is 0.265 e. The minimum Gasteiger partial charge on any atom is -0.265 e. The zero-order valence-electron chi connectivity index (χ0n) is 6.83. The maximum atomic E-state index is 4.14. The van der Waals surface area contributed by atoms with Crippen molar-refractivity contribution in [3.63, 3.8) is 0 Å². The molecule has 0 aliphatic carbocycles. The molecule has 0 aromatic carbocycles. The second-order valence-corrected chi connectivity index (χ2v) is 3.06. The summed E-state index contributed by atoms with van der Waals surface area (Å²) in [5.41, 5.74) is 1.17. The summed E-state index contributed by atoms with van der Waals surface area (Å²) in [6.07, 6.45) is 2.78. The molecule has 0 aromatic rings. The number of thiol groups is 1. The highest BCUT2D eigenvalue weighted by atomic mass is 32.1. The molecule has 2 heteroatoms. The van der Waals surface area contributed by atoms with Gasteiger partial charge in [-0.15, -0.1) is 12.6 Å². The lowest BCUT2D eigenvalue weighted by Gasteiger charge is -2.00. The maximum Gasteiger partial charge on any atom is 0.0327 e. The van der Waals surface area contributed by atoms with E-state index in [4.69, 9.17) is 0 Å². The molecule has 0 saturated heterocycles. The fourth-order valence-corrected chi connectivity index (χ4v) is 0.871. The van der Waals surface area contributed by atoms with Crippen molar-refractivity contribution in [2.75, 3.05) is 0 Å². The molecular weight excluding hydrogens is 142 g/mol. The molecule has 0 rings (SSSR count). The Morgan fingerprint density at radius 3 is 2.60 bits per heavy atom. The lowest BCUT2D eigenvalue weighted by atomic mass is 10.1. The average Bonchev–Trinajstić information content (AvgIpc) is 1.82. The van der Waals surface area contributed by atoms with E-state index in [2.05, 4.69) is 31.5 Å². The van der Waals surface area contributed by atoms with Gasteiger partial charge in [0.15, 0.2) is 0 Å². The molecule has 0 atom stereocenters. The van der Waals surface area contributed by atoms with E-state index in [0.717, 1.165) is 6.42 Å². The highest BCUT2D eigenvalue weighted by Crippen LogP contribution is 2.01. The van der Waals surface area contributed by atoms with Crippen LogP contribution in [0.15, 0.2) is 16.6 Å². The summed E-state index contributed by atoms with van der Waals surface area (Å²) >= 11 is 3.90. The molecule has 0 bridgehead atoms. The van der Waals surface area contributed by atoms with E-state index in [0.29, 0.717) is 5.92 Å². The van der Waals surface area contributed by atoms with Gasteiger partial charge in [-0.3, -0.25) is 4.99 Å². The Kier molecular flexibility index (Phi) is 5.40. The first-order valence-electron chi connectivity index (χ1n) is 3.49. The molecule has 0 aromatic heterocycles. The van der Waals surface area contributed by atoms with Crippen LogP contribution >= 0.6 is 12.6 Å². The molecule has 0 radical (unpaired) electrons. The normalized spacial score (nSPS) is 13.5. The van der Waals surface area contributed by atoms with E-state index in [9.17, 15) is 0 Å². The zero-order valence-corrected chi connectivity index (χ0v) is 7.73. The molecule has 0 aliphatic heterocycles. The van der Waals surface area contributed by atoms with Gasteiger partial charge >= 0.3 is 0 Å². The lowest BCUT2D eigenvalue weighted by Crippen LogP contribution is -1.96. The van der Waals surface area contributed by atoms with Crippen molar-refractivity contribution in [3.05, 3.63) is 11.6 Å². The van der Waals surface area contributed by atoms with Gasteiger partial charge in [0.2, 0.25) is 0 Å². The number of nitrogens with zero attached hydrogens (tertiary/aromatic N) is 1. The highest BCUT2D eigenvalue weighted by Gasteiger charge is 1.94. The molecule has 0 heterocycles. The van der Waals surface area contributed by atoms with Crippen LogP contribution in [-0.4, -0.2) is 5.71 Å². The van der Waals surface area contributed by atoms with Crippen LogP contribution in [0.5, 0.6) is 0 Å². The van der Waals surface area contributed by atoms with Crippen molar-refractivity contribution in [1.29, 1.82) is 0 Å². The topological polar surface area (TPSA) is 12.4 Å². The van der Waals surface area contributed by atoms with Crippen LogP contribution in [0.2, 0.25) is 0 Å². The molecule has 0 saturated carbocycles. The van der Waals surface area contributed by atoms with Gasteiger partial charge in [0, 0.05) is 11.9 Å². The second-order valence-electron chi connectivity index (χ2n) is 2.76. The van der Waals surface area contributed by atoms with Gasteiger partial charge in [-0.25, -0.2) is 0 Å². The van der Waals surface area contributed by atoms with Crippen molar-refractivity contribution >= 4 is 18.3 Å². The van der Waals surface area contributed by atoms with Crippen molar-refractivity contribution in [3.8, 4) is 0 Å². The SMILES string of the molecule is CC(CC(C)C)=N/C=C\S. The van der Waals surface area contributed by atoms with E-state index >= 15 is 0 Å². The van der Waals surface area contributed by atoms with Gasteiger partial charge in [0.25, 0.3) is 0 Å². The molecule has 1 nitrogen and oxygen atoms in total. The fourth-order valence-electron chi connectivity index (χ4n) is 0.804. The van der Waals surface area contributed by atoms with Crippen LogP contribution in [0.3, 0.4) is 0 Å². The van der Waals surface area contributed by atoms with Gasteiger partial charge in [-0.2, -0.15) is 0 Å². The molecule has 58 valence electrons. The molecular formula is C8H15NS. The van der Waals surface area contributed by atoms with Crippen LogP contribution in [0, 0.1) is 5.92 Å². The average molecular weight is 157 g/mol. The predicted octanol–water partition coefficient (Wildman–Crippen LogP) is 2.89. The summed E-state index contributed by atoms with van der Waals surface area (Å²) in [7, 11) is 0. The Hall–Kier alpha value is -0.240. The molecule has 10 heavy (non-hydrogen) atoms. The van der Waals surface area contributed by atoms with E-state index in [1.54, 1.807) is 11.6 Å².